The maximum atomic E-state index is 13.5. The lowest BCUT2D eigenvalue weighted by molar-refractivity contribution is -0.305. The van der Waals surface area contributed by atoms with E-state index in [0.29, 0.717) is 12.8 Å². The monoisotopic (exact) mass is 1240 g/mol. The number of esters is 1. The van der Waals surface area contributed by atoms with Crippen LogP contribution >= 0.6 is 0 Å². The van der Waals surface area contributed by atoms with Gasteiger partial charge in [0.2, 0.25) is 5.91 Å². The summed E-state index contributed by atoms with van der Waals surface area (Å²) >= 11 is 0. The molecule has 0 saturated carbocycles. The summed E-state index contributed by atoms with van der Waals surface area (Å²) in [5.74, 6) is -1.23. The molecule has 8 atom stereocenters. The molecule has 0 aromatic rings. The van der Waals surface area contributed by atoms with Crippen LogP contribution < -0.4 is 5.32 Å². The first kappa shape index (κ1) is 82.8. The molecule has 1 aliphatic rings. The number of unbranched alkanes of at least 4 members (excludes halogenated alkanes) is 26. The zero-order chi connectivity index (χ0) is 64.6. The van der Waals surface area contributed by atoms with Crippen molar-refractivity contribution in [3.63, 3.8) is 0 Å². The molecule has 508 valence electrons. The average Bonchev–Trinajstić information content (AvgIpc) is 3.11. The fraction of sp³-hybridized carbons (Fsp3) is 0.692. The summed E-state index contributed by atoms with van der Waals surface area (Å²) in [5, 5.41) is 57.3. The highest BCUT2D eigenvalue weighted by atomic mass is 16.7. The van der Waals surface area contributed by atoms with Gasteiger partial charge < -0.3 is 45.1 Å². The number of aliphatic hydroxyl groups excluding tert-OH is 5. The number of aliphatic hydroxyl groups is 5. The fourth-order valence-corrected chi connectivity index (χ4v) is 10.4. The summed E-state index contributed by atoms with van der Waals surface area (Å²) in [5.41, 5.74) is 0. The Hall–Kier alpha value is -4.20. The number of hydrogen-bond donors (Lipinski definition) is 6. The average molecular weight is 1240 g/mol. The fourth-order valence-electron chi connectivity index (χ4n) is 10.4. The zero-order valence-corrected chi connectivity index (χ0v) is 56.5. The number of nitrogens with one attached hydrogen (secondary N) is 1. The Bertz CT molecular complexity index is 1960. The van der Waals surface area contributed by atoms with Crippen LogP contribution in [0, 0.1) is 0 Å². The quantitative estimate of drug-likeness (QED) is 0.0195. The van der Waals surface area contributed by atoms with Gasteiger partial charge in [-0.3, -0.25) is 9.59 Å². The maximum Gasteiger partial charge on any atom is 0.306 e. The first-order valence-corrected chi connectivity index (χ1v) is 36.0. The van der Waals surface area contributed by atoms with Crippen LogP contribution in [-0.4, -0.2) is 99.6 Å². The van der Waals surface area contributed by atoms with E-state index < -0.39 is 67.4 Å². The summed E-state index contributed by atoms with van der Waals surface area (Å²) in [7, 11) is 0. The Morgan fingerprint density at radius 3 is 1.24 bits per heavy atom. The molecule has 1 saturated heterocycles. The van der Waals surface area contributed by atoms with Gasteiger partial charge in [0.25, 0.3) is 0 Å². The van der Waals surface area contributed by atoms with E-state index in [1.54, 1.807) is 6.08 Å². The third kappa shape index (κ3) is 51.1. The number of carbonyl (C=O) groups is 2. The Morgan fingerprint density at radius 1 is 0.449 bits per heavy atom. The second-order valence-corrected chi connectivity index (χ2v) is 24.2. The predicted octanol–water partition coefficient (Wildman–Crippen LogP) is 18.7. The molecular weight excluding hydrogens is 1110 g/mol. The molecule has 0 bridgehead atoms. The highest BCUT2D eigenvalue weighted by molar-refractivity contribution is 5.80. The first-order chi connectivity index (χ1) is 43.7. The number of ether oxygens (including phenoxy) is 3. The third-order valence-corrected chi connectivity index (χ3v) is 16.0. The first-order valence-electron chi connectivity index (χ1n) is 36.0. The van der Waals surface area contributed by atoms with E-state index in [9.17, 15) is 35.1 Å². The Balaban J connectivity index is 2.63. The molecule has 1 aliphatic heterocycles. The topological polar surface area (TPSA) is 175 Å². The number of allylic oxidation sites excluding steroid dienone is 21. The second kappa shape index (κ2) is 63.9. The molecule has 11 nitrogen and oxygen atoms in total. The van der Waals surface area contributed by atoms with Crippen LogP contribution in [0.3, 0.4) is 0 Å². The van der Waals surface area contributed by atoms with Crippen LogP contribution in [0.15, 0.2) is 134 Å². The van der Waals surface area contributed by atoms with Crippen molar-refractivity contribution in [2.75, 3.05) is 13.2 Å². The van der Waals surface area contributed by atoms with Crippen molar-refractivity contribution in [1.82, 2.24) is 5.32 Å². The lowest BCUT2D eigenvalue weighted by atomic mass is 9.99. The van der Waals surface area contributed by atoms with Gasteiger partial charge >= 0.3 is 5.97 Å². The van der Waals surface area contributed by atoms with Crippen molar-refractivity contribution in [1.29, 1.82) is 0 Å². The Morgan fingerprint density at radius 2 is 0.809 bits per heavy atom. The van der Waals surface area contributed by atoms with Gasteiger partial charge in [-0.15, -0.1) is 0 Å². The molecule has 1 amide bonds. The minimum absolute atomic E-state index is 0.106. The SMILES string of the molecule is CC/C=C\C/C=C\C/C=C\C/C=C\C/C=C\C/C=C\CCCCCC(O)C(=O)NC(COC1OC(CO)C(O)C(O)C1OC(=O)CCCCCCCCCCC/C=C\C/C=C\C/C=C\C/C=C\CCCCC)C(O)/C=C/CCCCCCCCCCCCC. The summed E-state index contributed by atoms with van der Waals surface area (Å²) in [6.07, 6.45) is 80.5. The van der Waals surface area contributed by atoms with Gasteiger partial charge in [0.1, 0.15) is 24.4 Å². The van der Waals surface area contributed by atoms with E-state index in [1.165, 1.54) is 103 Å². The highest BCUT2D eigenvalue weighted by Crippen LogP contribution is 2.26. The van der Waals surface area contributed by atoms with E-state index in [2.05, 4.69) is 148 Å². The molecule has 1 fully saturated rings. The molecule has 11 heteroatoms. The lowest BCUT2D eigenvalue weighted by Gasteiger charge is -2.41. The predicted molar refractivity (Wildman–Crippen MR) is 374 cm³/mol. The van der Waals surface area contributed by atoms with Crippen LogP contribution in [-0.2, 0) is 23.8 Å². The molecule has 0 spiro atoms. The normalized spacial score (nSPS) is 18.9. The zero-order valence-electron chi connectivity index (χ0n) is 56.5. The van der Waals surface area contributed by atoms with Gasteiger partial charge in [0.15, 0.2) is 12.4 Å². The summed E-state index contributed by atoms with van der Waals surface area (Å²) in [6, 6.07) is -1.05. The van der Waals surface area contributed by atoms with Crippen LogP contribution in [0.25, 0.3) is 0 Å². The van der Waals surface area contributed by atoms with E-state index >= 15 is 0 Å². The van der Waals surface area contributed by atoms with Gasteiger partial charge in [-0.05, 0) is 122 Å². The lowest BCUT2D eigenvalue weighted by Crippen LogP contribution is -2.61. The van der Waals surface area contributed by atoms with Crippen LogP contribution in [0.2, 0.25) is 0 Å². The number of carbonyl (C=O) groups excluding carboxylic acids is 2. The molecule has 1 rings (SSSR count). The maximum absolute atomic E-state index is 13.5. The molecule has 0 aliphatic carbocycles. The van der Waals surface area contributed by atoms with Crippen molar-refractivity contribution in [3.05, 3.63) is 134 Å². The van der Waals surface area contributed by atoms with E-state index in [-0.39, 0.29) is 19.4 Å². The smallest absolute Gasteiger partial charge is 0.306 e. The number of hydrogen-bond acceptors (Lipinski definition) is 10. The largest absolute Gasteiger partial charge is 0.454 e. The molecule has 6 N–H and O–H groups in total. The number of amides is 1. The highest BCUT2D eigenvalue weighted by Gasteiger charge is 2.47. The standard InChI is InChI=1S/C78H131NO10/c1-4-7-10-13-16-19-22-25-27-29-31-33-35-36-37-39-41-43-45-48-51-54-57-60-63-66-73(83)89-76-75(85)74(84)72(67-80)88-78(76)87-68-69(70(81)64-61-58-55-52-49-46-24-21-18-15-12-9-6-3)79-77(86)71(82)65-62-59-56-53-50-47-44-42-40-38-34-32-30-28-26-23-20-17-14-11-8-5-2/h8,11,16-17,19-20,25-28,31-34,36-37,40,42,47,50,61,64,69-72,74-76,78,80-82,84-85H,4-7,9-10,12-15,18,21-24,29-30,35,38-39,41,43-46,48-49,51-60,62-63,65-68H2,1-3H3,(H,79,86)/b11-8-,19-16-,20-17-,27-25-,28-26-,33-31-,34-32-,37-36-,42-40-,50-47-,64-61+. The summed E-state index contributed by atoms with van der Waals surface area (Å²) in [6.45, 7) is 5.64. The summed E-state index contributed by atoms with van der Waals surface area (Å²) < 4.78 is 17.7. The molecular formula is C78H131NO10. The molecule has 0 aromatic heterocycles. The van der Waals surface area contributed by atoms with Crippen LogP contribution in [0.4, 0.5) is 0 Å². The third-order valence-electron chi connectivity index (χ3n) is 16.0. The Labute approximate surface area is 543 Å². The van der Waals surface area contributed by atoms with Gasteiger partial charge in [-0.1, -0.05) is 289 Å². The van der Waals surface area contributed by atoms with Gasteiger partial charge in [-0.2, -0.15) is 0 Å². The summed E-state index contributed by atoms with van der Waals surface area (Å²) in [4.78, 5) is 26.7. The van der Waals surface area contributed by atoms with Crippen molar-refractivity contribution in [3.8, 4) is 0 Å². The van der Waals surface area contributed by atoms with E-state index in [4.69, 9.17) is 14.2 Å². The van der Waals surface area contributed by atoms with Crippen molar-refractivity contribution < 1.29 is 49.3 Å². The van der Waals surface area contributed by atoms with E-state index in [0.717, 1.165) is 135 Å². The Kier molecular flexibility index (Phi) is 59.5. The molecule has 89 heavy (non-hydrogen) atoms. The van der Waals surface area contributed by atoms with E-state index in [1.807, 2.05) is 6.08 Å². The van der Waals surface area contributed by atoms with Crippen LogP contribution in [0.1, 0.15) is 284 Å². The van der Waals surface area contributed by atoms with Crippen molar-refractivity contribution >= 4 is 11.9 Å². The van der Waals surface area contributed by atoms with Gasteiger partial charge in [0, 0.05) is 6.42 Å². The molecule has 0 aromatic carbocycles. The molecule has 8 unspecified atom stereocenters. The van der Waals surface area contributed by atoms with Gasteiger partial charge in [-0.25, -0.2) is 0 Å². The minimum Gasteiger partial charge on any atom is -0.454 e. The van der Waals surface area contributed by atoms with Gasteiger partial charge in [0.05, 0.1) is 25.4 Å². The van der Waals surface area contributed by atoms with Crippen LogP contribution in [0.5, 0.6) is 0 Å². The van der Waals surface area contributed by atoms with Crippen molar-refractivity contribution in [2.24, 2.45) is 0 Å². The van der Waals surface area contributed by atoms with Crippen molar-refractivity contribution in [2.45, 2.75) is 333 Å². The second-order valence-electron chi connectivity index (χ2n) is 24.2. The molecule has 0 radical (unpaired) electrons. The minimum atomic E-state index is -1.63. The number of rotatable bonds is 60. The molecule has 1 heterocycles.